The fourth-order valence-electron chi connectivity index (χ4n) is 3.68. The SMILES string of the molecule is CCCC(O)c1ccc(N)c(N(Cc2ccccc2)C2CCCC2)n1. The molecule has 1 heterocycles. The average Bonchev–Trinajstić information content (AvgIpc) is 3.16. The van der Waals surface area contributed by atoms with Crippen molar-refractivity contribution in [3.63, 3.8) is 0 Å². The number of hydrogen-bond donors (Lipinski definition) is 2. The van der Waals surface area contributed by atoms with E-state index in [2.05, 4.69) is 36.1 Å². The zero-order valence-electron chi connectivity index (χ0n) is 15.1. The van der Waals surface area contributed by atoms with Gasteiger partial charge >= 0.3 is 0 Å². The van der Waals surface area contributed by atoms with Crippen molar-refractivity contribution in [1.29, 1.82) is 0 Å². The van der Waals surface area contributed by atoms with Gasteiger partial charge in [0.25, 0.3) is 0 Å². The summed E-state index contributed by atoms with van der Waals surface area (Å²) >= 11 is 0. The monoisotopic (exact) mass is 339 g/mol. The van der Waals surface area contributed by atoms with E-state index in [0.717, 1.165) is 30.9 Å². The molecule has 1 aromatic heterocycles. The fourth-order valence-corrected chi connectivity index (χ4v) is 3.68. The molecule has 0 bridgehead atoms. The van der Waals surface area contributed by atoms with Crippen LogP contribution in [0, 0.1) is 0 Å². The molecule has 1 unspecified atom stereocenters. The largest absolute Gasteiger partial charge is 0.396 e. The second kappa shape index (κ2) is 8.34. The maximum Gasteiger partial charge on any atom is 0.152 e. The molecule has 2 aromatic rings. The average molecular weight is 339 g/mol. The van der Waals surface area contributed by atoms with E-state index in [0.29, 0.717) is 11.7 Å². The van der Waals surface area contributed by atoms with Gasteiger partial charge in [-0.1, -0.05) is 56.5 Å². The molecule has 1 fully saturated rings. The zero-order valence-corrected chi connectivity index (χ0v) is 15.1. The van der Waals surface area contributed by atoms with Crippen LogP contribution in [0.4, 0.5) is 11.5 Å². The van der Waals surface area contributed by atoms with Gasteiger partial charge in [-0.15, -0.1) is 0 Å². The van der Waals surface area contributed by atoms with Crippen LogP contribution in [-0.2, 0) is 6.54 Å². The third-order valence-electron chi connectivity index (χ3n) is 5.06. The molecule has 1 aromatic carbocycles. The molecule has 1 aliphatic carbocycles. The van der Waals surface area contributed by atoms with Crippen LogP contribution in [-0.4, -0.2) is 16.1 Å². The van der Waals surface area contributed by atoms with Gasteiger partial charge < -0.3 is 15.7 Å². The molecule has 134 valence electrons. The summed E-state index contributed by atoms with van der Waals surface area (Å²) in [6.45, 7) is 2.87. The summed E-state index contributed by atoms with van der Waals surface area (Å²) < 4.78 is 0. The van der Waals surface area contributed by atoms with Gasteiger partial charge in [0, 0.05) is 12.6 Å². The summed E-state index contributed by atoms with van der Waals surface area (Å²) in [7, 11) is 0. The van der Waals surface area contributed by atoms with E-state index in [-0.39, 0.29) is 0 Å². The molecule has 4 nitrogen and oxygen atoms in total. The molecule has 0 saturated heterocycles. The first-order valence-corrected chi connectivity index (χ1v) is 9.44. The number of rotatable bonds is 7. The first-order valence-electron chi connectivity index (χ1n) is 9.44. The Morgan fingerprint density at radius 3 is 2.56 bits per heavy atom. The van der Waals surface area contributed by atoms with Crippen LogP contribution >= 0.6 is 0 Å². The van der Waals surface area contributed by atoms with Crippen LogP contribution in [0.3, 0.4) is 0 Å². The number of aliphatic hydroxyl groups excluding tert-OH is 1. The molecule has 0 radical (unpaired) electrons. The molecule has 1 aliphatic rings. The van der Waals surface area contributed by atoms with Gasteiger partial charge in [0.2, 0.25) is 0 Å². The highest BCUT2D eigenvalue weighted by Crippen LogP contribution is 2.33. The number of aliphatic hydroxyl groups is 1. The highest BCUT2D eigenvalue weighted by atomic mass is 16.3. The summed E-state index contributed by atoms with van der Waals surface area (Å²) in [6, 6.07) is 14.7. The summed E-state index contributed by atoms with van der Waals surface area (Å²) in [5.74, 6) is 0.823. The van der Waals surface area contributed by atoms with E-state index >= 15 is 0 Å². The van der Waals surface area contributed by atoms with Crippen molar-refractivity contribution in [2.75, 3.05) is 10.6 Å². The van der Waals surface area contributed by atoms with E-state index in [1.54, 1.807) is 0 Å². The Kier molecular flexibility index (Phi) is 5.92. The first-order chi connectivity index (χ1) is 12.2. The minimum absolute atomic E-state index is 0.466. The molecule has 0 spiro atoms. The van der Waals surface area contributed by atoms with Gasteiger partial charge in [-0.3, -0.25) is 0 Å². The molecule has 25 heavy (non-hydrogen) atoms. The Labute approximate surface area is 150 Å². The number of anilines is 2. The quantitative estimate of drug-likeness (QED) is 0.782. The minimum Gasteiger partial charge on any atom is -0.396 e. The van der Waals surface area contributed by atoms with Crippen LogP contribution in [0.25, 0.3) is 0 Å². The Hall–Kier alpha value is -2.07. The smallest absolute Gasteiger partial charge is 0.152 e. The Bertz CT molecular complexity index is 668. The topological polar surface area (TPSA) is 62.4 Å². The summed E-state index contributed by atoms with van der Waals surface area (Å²) in [5.41, 5.74) is 8.97. The van der Waals surface area contributed by atoms with Crippen molar-refractivity contribution in [2.24, 2.45) is 0 Å². The standard InChI is InChI=1S/C21H29N3O/c1-2-8-20(25)19-14-13-18(22)21(23-19)24(17-11-6-7-12-17)15-16-9-4-3-5-10-16/h3-5,9-10,13-14,17,20,25H,2,6-8,11-12,15,22H2,1H3. The van der Waals surface area contributed by atoms with Crippen molar-refractivity contribution in [2.45, 2.75) is 64.1 Å². The lowest BCUT2D eigenvalue weighted by atomic mass is 10.1. The predicted molar refractivity (Wildman–Crippen MR) is 103 cm³/mol. The Morgan fingerprint density at radius 2 is 1.88 bits per heavy atom. The Morgan fingerprint density at radius 1 is 1.16 bits per heavy atom. The summed E-state index contributed by atoms with van der Waals surface area (Å²) in [6.07, 6.45) is 6.00. The number of nitrogens with two attached hydrogens (primary N) is 1. The lowest BCUT2D eigenvalue weighted by Crippen LogP contribution is -2.34. The van der Waals surface area contributed by atoms with Gasteiger partial charge in [-0.05, 0) is 37.0 Å². The van der Waals surface area contributed by atoms with Crippen molar-refractivity contribution in [1.82, 2.24) is 4.98 Å². The van der Waals surface area contributed by atoms with E-state index in [9.17, 15) is 5.11 Å². The molecular weight excluding hydrogens is 310 g/mol. The fraction of sp³-hybridized carbons (Fsp3) is 0.476. The lowest BCUT2D eigenvalue weighted by molar-refractivity contribution is 0.162. The predicted octanol–water partition coefficient (Wildman–Crippen LogP) is 4.45. The van der Waals surface area contributed by atoms with E-state index in [1.807, 2.05) is 18.2 Å². The van der Waals surface area contributed by atoms with Gasteiger partial charge in [-0.25, -0.2) is 4.98 Å². The van der Waals surface area contributed by atoms with Gasteiger partial charge in [0.1, 0.15) is 0 Å². The summed E-state index contributed by atoms with van der Waals surface area (Å²) in [4.78, 5) is 7.13. The third kappa shape index (κ3) is 4.31. The highest BCUT2D eigenvalue weighted by Gasteiger charge is 2.26. The van der Waals surface area contributed by atoms with Crippen molar-refractivity contribution in [3.05, 3.63) is 53.7 Å². The number of hydrogen-bond acceptors (Lipinski definition) is 4. The number of pyridine rings is 1. The van der Waals surface area contributed by atoms with Crippen molar-refractivity contribution >= 4 is 11.5 Å². The molecule has 3 rings (SSSR count). The van der Waals surface area contributed by atoms with Gasteiger partial charge in [-0.2, -0.15) is 0 Å². The highest BCUT2D eigenvalue weighted by molar-refractivity contribution is 5.63. The summed E-state index contributed by atoms with van der Waals surface area (Å²) in [5, 5.41) is 10.4. The zero-order chi connectivity index (χ0) is 17.6. The number of nitrogens with zero attached hydrogens (tertiary/aromatic N) is 2. The number of benzene rings is 1. The molecule has 1 atom stereocenters. The van der Waals surface area contributed by atoms with Gasteiger partial charge in [0.05, 0.1) is 17.5 Å². The minimum atomic E-state index is -0.522. The van der Waals surface area contributed by atoms with Crippen LogP contribution in [0.15, 0.2) is 42.5 Å². The molecule has 0 amide bonds. The van der Waals surface area contributed by atoms with Crippen LogP contribution < -0.4 is 10.6 Å². The van der Waals surface area contributed by atoms with Gasteiger partial charge in [0.15, 0.2) is 5.82 Å². The van der Waals surface area contributed by atoms with E-state index in [4.69, 9.17) is 10.7 Å². The Balaban J connectivity index is 1.93. The first kappa shape index (κ1) is 17.7. The maximum absolute atomic E-state index is 10.4. The lowest BCUT2D eigenvalue weighted by Gasteiger charge is -2.31. The second-order valence-corrected chi connectivity index (χ2v) is 7.01. The number of aromatic nitrogens is 1. The molecular formula is C21H29N3O. The molecule has 4 heteroatoms. The van der Waals surface area contributed by atoms with Crippen molar-refractivity contribution in [3.8, 4) is 0 Å². The second-order valence-electron chi connectivity index (χ2n) is 7.01. The van der Waals surface area contributed by atoms with E-state index in [1.165, 1.54) is 31.2 Å². The van der Waals surface area contributed by atoms with E-state index < -0.39 is 6.10 Å². The maximum atomic E-state index is 10.4. The van der Waals surface area contributed by atoms with Crippen LogP contribution in [0.2, 0.25) is 0 Å². The van der Waals surface area contributed by atoms with Crippen LogP contribution in [0.1, 0.15) is 62.8 Å². The van der Waals surface area contributed by atoms with Crippen molar-refractivity contribution < 1.29 is 5.11 Å². The molecule has 0 aliphatic heterocycles. The molecule has 1 saturated carbocycles. The normalized spacial score (nSPS) is 16.1. The molecule has 3 N–H and O–H groups in total. The third-order valence-corrected chi connectivity index (χ3v) is 5.06. The number of nitrogen functional groups attached to an aromatic ring is 1. The van der Waals surface area contributed by atoms with Crippen LogP contribution in [0.5, 0.6) is 0 Å².